The second-order valence-electron chi connectivity index (χ2n) is 8.87. The SMILES string of the molecule is Cc1ccc([C@@H](C(=O)NC[C@H]2CCCO2)N(C(=O)c2snc(C(N)=O)c2N)c2ccc3c(c2)OCCO3)o1. The number of furan rings is 1. The maximum atomic E-state index is 14.1. The summed E-state index contributed by atoms with van der Waals surface area (Å²) in [5.74, 6) is -0.318. The Labute approximate surface area is 222 Å². The van der Waals surface area contributed by atoms with Gasteiger partial charge in [0, 0.05) is 24.9 Å². The average Bonchev–Trinajstić information content (AvgIpc) is 3.66. The van der Waals surface area contributed by atoms with Crippen LogP contribution in [-0.2, 0) is 9.53 Å². The molecule has 4 heterocycles. The van der Waals surface area contributed by atoms with Crippen molar-refractivity contribution in [1.29, 1.82) is 0 Å². The minimum absolute atomic E-state index is 0.0473. The molecule has 2 aromatic heterocycles. The van der Waals surface area contributed by atoms with Crippen molar-refractivity contribution in [2.45, 2.75) is 31.9 Å². The number of nitrogens with zero attached hydrogens (tertiary/aromatic N) is 2. The van der Waals surface area contributed by atoms with Crippen LogP contribution in [0.5, 0.6) is 11.5 Å². The molecule has 5 N–H and O–H groups in total. The molecule has 13 heteroatoms. The fourth-order valence-electron chi connectivity index (χ4n) is 4.39. The Morgan fingerprint density at radius 2 is 1.95 bits per heavy atom. The lowest BCUT2D eigenvalue weighted by atomic mass is 10.1. The standard InChI is InChI=1S/C25H27N5O7S/c1-13-4-6-17(37-13)21(24(32)28-12-15-3-2-8-34-15)30(14-5-7-16-18(11-14)36-10-9-35-16)25(33)22-19(26)20(23(27)31)29-38-22/h4-7,11,15,21H,2-3,8-10,12,26H2,1H3,(H2,27,31)(H,28,32)/t15-,21+/m1/s1. The van der Waals surface area contributed by atoms with Crippen LogP contribution in [0.2, 0.25) is 0 Å². The monoisotopic (exact) mass is 541 g/mol. The summed E-state index contributed by atoms with van der Waals surface area (Å²) in [5, 5.41) is 2.90. The van der Waals surface area contributed by atoms with E-state index >= 15 is 0 Å². The summed E-state index contributed by atoms with van der Waals surface area (Å²) in [6.07, 6.45) is 1.62. The Hall–Kier alpha value is -4.10. The van der Waals surface area contributed by atoms with Gasteiger partial charge in [0.1, 0.15) is 29.6 Å². The van der Waals surface area contributed by atoms with E-state index in [0.29, 0.717) is 42.8 Å². The van der Waals surface area contributed by atoms with Gasteiger partial charge in [0.25, 0.3) is 17.7 Å². The normalized spacial score (nSPS) is 17.1. The van der Waals surface area contributed by atoms with Crippen molar-refractivity contribution in [2.75, 3.05) is 37.0 Å². The molecule has 3 aromatic rings. The zero-order valence-corrected chi connectivity index (χ0v) is 21.4. The Balaban J connectivity index is 1.59. The number of aromatic nitrogens is 1. The summed E-state index contributed by atoms with van der Waals surface area (Å²) in [6.45, 7) is 3.36. The van der Waals surface area contributed by atoms with Gasteiger partial charge in [0.05, 0.1) is 11.8 Å². The van der Waals surface area contributed by atoms with Crippen molar-refractivity contribution in [3.8, 4) is 11.5 Å². The van der Waals surface area contributed by atoms with Gasteiger partial charge in [-0.2, -0.15) is 4.37 Å². The van der Waals surface area contributed by atoms with E-state index in [0.717, 1.165) is 24.4 Å². The fraction of sp³-hybridized carbons (Fsp3) is 0.360. The van der Waals surface area contributed by atoms with E-state index in [1.807, 2.05) is 0 Å². The predicted octanol–water partition coefficient (Wildman–Crippen LogP) is 2.18. The van der Waals surface area contributed by atoms with Crippen LogP contribution < -0.4 is 31.2 Å². The van der Waals surface area contributed by atoms with E-state index in [1.165, 1.54) is 4.90 Å². The second kappa shape index (κ2) is 10.7. The molecule has 200 valence electrons. The molecule has 12 nitrogen and oxygen atoms in total. The van der Waals surface area contributed by atoms with Crippen LogP contribution in [0.3, 0.4) is 0 Å². The van der Waals surface area contributed by atoms with Crippen LogP contribution in [0.15, 0.2) is 34.7 Å². The number of fused-ring (bicyclic) bond motifs is 1. The summed E-state index contributed by atoms with van der Waals surface area (Å²) in [5.41, 5.74) is 11.4. The van der Waals surface area contributed by atoms with Crippen LogP contribution in [0.4, 0.5) is 11.4 Å². The molecule has 1 aromatic carbocycles. The number of rotatable bonds is 8. The lowest BCUT2D eigenvalue weighted by molar-refractivity contribution is -0.123. The topological polar surface area (TPSA) is 172 Å². The van der Waals surface area contributed by atoms with Crippen molar-refractivity contribution in [3.63, 3.8) is 0 Å². The summed E-state index contributed by atoms with van der Waals surface area (Å²) >= 11 is 0.722. The van der Waals surface area contributed by atoms with E-state index in [9.17, 15) is 14.4 Å². The Bertz CT molecular complexity index is 1360. The molecule has 0 bridgehead atoms. The summed E-state index contributed by atoms with van der Waals surface area (Å²) < 4.78 is 26.8. The maximum absolute atomic E-state index is 14.1. The molecule has 0 aliphatic carbocycles. The molecule has 3 amide bonds. The number of benzene rings is 1. The van der Waals surface area contributed by atoms with Crippen LogP contribution in [0, 0.1) is 6.92 Å². The lowest BCUT2D eigenvalue weighted by Gasteiger charge is -2.31. The molecule has 38 heavy (non-hydrogen) atoms. The number of carbonyl (C=O) groups is 3. The number of carbonyl (C=O) groups excluding carboxylic acids is 3. The Morgan fingerprint density at radius 1 is 1.16 bits per heavy atom. The molecule has 5 rings (SSSR count). The number of nitrogen functional groups attached to an aromatic ring is 1. The van der Waals surface area contributed by atoms with E-state index in [1.54, 1.807) is 37.3 Å². The first kappa shape index (κ1) is 25.5. The highest BCUT2D eigenvalue weighted by Gasteiger charge is 2.38. The van der Waals surface area contributed by atoms with Crippen LogP contribution in [0.25, 0.3) is 0 Å². The number of aryl methyl sites for hydroxylation is 1. The largest absolute Gasteiger partial charge is 0.486 e. The number of hydrogen-bond donors (Lipinski definition) is 3. The highest BCUT2D eigenvalue weighted by atomic mass is 32.1. The fourth-order valence-corrected chi connectivity index (χ4v) is 5.14. The number of nitrogens with one attached hydrogen (secondary N) is 1. The molecular weight excluding hydrogens is 514 g/mol. The number of ether oxygens (including phenoxy) is 3. The lowest BCUT2D eigenvalue weighted by Crippen LogP contribution is -2.45. The third kappa shape index (κ3) is 5.02. The molecule has 2 aliphatic rings. The smallest absolute Gasteiger partial charge is 0.273 e. The van der Waals surface area contributed by atoms with Gasteiger partial charge in [-0.1, -0.05) is 0 Å². The molecule has 2 aliphatic heterocycles. The quantitative estimate of drug-likeness (QED) is 0.386. The van der Waals surface area contributed by atoms with Gasteiger partial charge in [-0.3, -0.25) is 19.3 Å². The number of nitrogens with two attached hydrogens (primary N) is 2. The van der Waals surface area contributed by atoms with Gasteiger partial charge in [-0.25, -0.2) is 0 Å². The third-order valence-electron chi connectivity index (χ3n) is 6.24. The zero-order chi connectivity index (χ0) is 26.8. The molecule has 0 saturated carbocycles. The molecule has 2 atom stereocenters. The van der Waals surface area contributed by atoms with E-state index in [2.05, 4.69) is 9.69 Å². The minimum Gasteiger partial charge on any atom is -0.486 e. The number of primary amides is 1. The summed E-state index contributed by atoms with van der Waals surface area (Å²) in [7, 11) is 0. The van der Waals surface area contributed by atoms with Gasteiger partial charge in [-0.05, 0) is 55.6 Å². The predicted molar refractivity (Wildman–Crippen MR) is 137 cm³/mol. The molecule has 0 unspecified atom stereocenters. The van der Waals surface area contributed by atoms with Gasteiger partial charge in [0.2, 0.25) is 0 Å². The third-order valence-corrected chi connectivity index (χ3v) is 7.09. The molecule has 1 fully saturated rings. The van der Waals surface area contributed by atoms with Crippen LogP contribution in [0.1, 0.15) is 50.6 Å². The van der Waals surface area contributed by atoms with Gasteiger partial charge < -0.3 is 35.4 Å². The maximum Gasteiger partial charge on any atom is 0.273 e. The van der Waals surface area contributed by atoms with E-state index < -0.39 is 23.8 Å². The second-order valence-corrected chi connectivity index (χ2v) is 9.65. The van der Waals surface area contributed by atoms with Crippen molar-refractivity contribution >= 4 is 40.6 Å². The van der Waals surface area contributed by atoms with Crippen LogP contribution >= 0.6 is 11.5 Å². The highest BCUT2D eigenvalue weighted by molar-refractivity contribution is 7.09. The minimum atomic E-state index is -1.24. The Kier molecular flexibility index (Phi) is 7.20. The Morgan fingerprint density at radius 3 is 2.61 bits per heavy atom. The van der Waals surface area contributed by atoms with Gasteiger partial charge in [0.15, 0.2) is 23.2 Å². The first-order chi connectivity index (χ1) is 18.3. The first-order valence-electron chi connectivity index (χ1n) is 12.1. The molecule has 1 saturated heterocycles. The summed E-state index contributed by atoms with van der Waals surface area (Å²) in [4.78, 5) is 40.8. The van der Waals surface area contributed by atoms with Crippen molar-refractivity contribution in [1.82, 2.24) is 9.69 Å². The molecule has 0 radical (unpaired) electrons. The first-order valence-corrected chi connectivity index (χ1v) is 12.8. The van der Waals surface area contributed by atoms with Crippen molar-refractivity contribution in [3.05, 3.63) is 52.4 Å². The number of hydrogen-bond acceptors (Lipinski definition) is 10. The van der Waals surface area contributed by atoms with Crippen LogP contribution in [-0.4, -0.2) is 54.6 Å². The molecule has 0 spiro atoms. The highest BCUT2D eigenvalue weighted by Crippen LogP contribution is 2.39. The van der Waals surface area contributed by atoms with Crippen molar-refractivity contribution in [2.24, 2.45) is 5.73 Å². The average molecular weight is 542 g/mol. The van der Waals surface area contributed by atoms with Gasteiger partial charge in [-0.15, -0.1) is 0 Å². The number of amides is 3. The zero-order valence-electron chi connectivity index (χ0n) is 20.6. The summed E-state index contributed by atoms with van der Waals surface area (Å²) in [6, 6.07) is 6.99. The van der Waals surface area contributed by atoms with Crippen molar-refractivity contribution < 1.29 is 33.0 Å². The number of anilines is 2. The van der Waals surface area contributed by atoms with E-state index in [-0.39, 0.29) is 34.7 Å². The van der Waals surface area contributed by atoms with E-state index in [4.69, 9.17) is 30.1 Å². The molecular formula is C25H27N5O7S. The van der Waals surface area contributed by atoms with Gasteiger partial charge >= 0.3 is 0 Å².